The van der Waals surface area contributed by atoms with Gasteiger partial charge in [0.05, 0.1) is 11.0 Å². The van der Waals surface area contributed by atoms with E-state index in [4.69, 9.17) is 0 Å². The van der Waals surface area contributed by atoms with Crippen LogP contribution >= 0.6 is 0 Å². The molecule has 1 unspecified atom stereocenters. The fourth-order valence-electron chi connectivity index (χ4n) is 2.38. The zero-order valence-electron chi connectivity index (χ0n) is 10.9. The van der Waals surface area contributed by atoms with E-state index in [-0.39, 0.29) is 11.0 Å². The minimum atomic E-state index is -3.01. The van der Waals surface area contributed by atoms with Crippen LogP contribution in [0, 0.1) is 6.92 Å². The molecule has 0 bridgehead atoms. The highest BCUT2D eigenvalue weighted by Gasteiger charge is 2.26. The predicted molar refractivity (Wildman–Crippen MR) is 74.3 cm³/mol. The Hall–Kier alpha value is -0.870. The first kappa shape index (κ1) is 13.6. The second kappa shape index (κ2) is 5.85. The normalized spacial score (nSPS) is 21.5. The van der Waals surface area contributed by atoms with Crippen molar-refractivity contribution in [3.8, 4) is 0 Å². The molecular weight excluding hydrogens is 246 g/mol. The maximum atomic E-state index is 12.4. The van der Waals surface area contributed by atoms with Crippen molar-refractivity contribution >= 4 is 9.84 Å². The maximum Gasteiger partial charge on any atom is 0.157 e. The van der Waals surface area contributed by atoms with Crippen LogP contribution in [0.4, 0.5) is 0 Å². The molecule has 1 aliphatic heterocycles. The number of aryl methyl sites for hydroxylation is 1. The number of hydrogen-bond donors (Lipinski definition) is 1. The van der Waals surface area contributed by atoms with E-state index < -0.39 is 9.84 Å². The summed E-state index contributed by atoms with van der Waals surface area (Å²) in [6.07, 6.45) is 2.49. The highest BCUT2D eigenvalue weighted by molar-refractivity contribution is 7.91. The molecule has 1 atom stereocenters. The van der Waals surface area contributed by atoms with E-state index in [0.717, 1.165) is 43.5 Å². The fourth-order valence-corrected chi connectivity index (χ4v) is 4.28. The van der Waals surface area contributed by atoms with Gasteiger partial charge in [-0.3, -0.25) is 0 Å². The van der Waals surface area contributed by atoms with Crippen molar-refractivity contribution < 1.29 is 8.42 Å². The van der Waals surface area contributed by atoms with Crippen LogP contribution in [0.2, 0.25) is 0 Å². The van der Waals surface area contributed by atoms with E-state index >= 15 is 0 Å². The molecule has 1 saturated heterocycles. The molecule has 1 fully saturated rings. The van der Waals surface area contributed by atoms with Crippen LogP contribution in [0.25, 0.3) is 0 Å². The Bertz CT molecular complexity index is 471. The van der Waals surface area contributed by atoms with E-state index in [1.54, 1.807) is 0 Å². The molecule has 3 nitrogen and oxygen atoms in total. The minimum Gasteiger partial charge on any atom is -0.317 e. The summed E-state index contributed by atoms with van der Waals surface area (Å²) in [7, 11) is -3.01. The molecule has 0 amide bonds. The first-order valence-electron chi connectivity index (χ1n) is 6.56. The van der Waals surface area contributed by atoms with Crippen molar-refractivity contribution in [1.29, 1.82) is 0 Å². The molecule has 0 aliphatic carbocycles. The lowest BCUT2D eigenvalue weighted by Crippen LogP contribution is -2.24. The number of rotatable bonds is 3. The summed E-state index contributed by atoms with van der Waals surface area (Å²) >= 11 is 0. The molecular formula is C14H21NO2S. The van der Waals surface area contributed by atoms with E-state index in [0.29, 0.717) is 0 Å². The van der Waals surface area contributed by atoms with Crippen molar-refractivity contribution in [3.05, 3.63) is 35.4 Å². The van der Waals surface area contributed by atoms with Gasteiger partial charge in [-0.15, -0.1) is 0 Å². The third-order valence-electron chi connectivity index (χ3n) is 3.52. The van der Waals surface area contributed by atoms with Crippen molar-refractivity contribution in [3.63, 3.8) is 0 Å². The van der Waals surface area contributed by atoms with Crippen LogP contribution in [-0.2, 0) is 15.6 Å². The Morgan fingerprint density at radius 1 is 1.17 bits per heavy atom. The highest BCUT2D eigenvalue weighted by atomic mass is 32.2. The number of nitrogens with one attached hydrogen (secondary N) is 1. The van der Waals surface area contributed by atoms with E-state index in [1.165, 1.54) is 0 Å². The molecule has 4 heteroatoms. The number of sulfone groups is 1. The minimum absolute atomic E-state index is 0.172. The van der Waals surface area contributed by atoms with Crippen LogP contribution in [0.1, 0.15) is 30.4 Å². The summed E-state index contributed by atoms with van der Waals surface area (Å²) in [4.78, 5) is 0. The lowest BCUT2D eigenvalue weighted by atomic mass is 10.2. The average Bonchev–Trinajstić information content (AvgIpc) is 2.61. The van der Waals surface area contributed by atoms with Crippen LogP contribution in [-0.4, -0.2) is 26.8 Å². The molecule has 0 spiro atoms. The Labute approximate surface area is 110 Å². The van der Waals surface area contributed by atoms with Gasteiger partial charge in [0, 0.05) is 0 Å². The first-order valence-corrected chi connectivity index (χ1v) is 8.27. The van der Waals surface area contributed by atoms with Crippen molar-refractivity contribution in [2.75, 3.05) is 13.1 Å². The topological polar surface area (TPSA) is 46.2 Å². The van der Waals surface area contributed by atoms with Crippen molar-refractivity contribution in [2.45, 2.75) is 37.2 Å². The molecule has 1 N–H and O–H groups in total. The monoisotopic (exact) mass is 267 g/mol. The molecule has 1 heterocycles. The van der Waals surface area contributed by atoms with Crippen LogP contribution < -0.4 is 5.32 Å². The second-order valence-corrected chi connectivity index (χ2v) is 7.38. The Kier molecular flexibility index (Phi) is 4.40. The van der Waals surface area contributed by atoms with Gasteiger partial charge in [0.25, 0.3) is 0 Å². The molecule has 2 rings (SSSR count). The van der Waals surface area contributed by atoms with E-state index in [2.05, 4.69) is 5.32 Å². The zero-order chi connectivity index (χ0) is 13.0. The number of hydrogen-bond acceptors (Lipinski definition) is 3. The summed E-state index contributed by atoms with van der Waals surface area (Å²) in [5, 5.41) is 3.08. The molecule has 0 aromatic heterocycles. The summed E-state index contributed by atoms with van der Waals surface area (Å²) in [6, 6.07) is 7.78. The number of benzene rings is 1. The molecule has 0 radical (unpaired) electrons. The van der Waals surface area contributed by atoms with Crippen LogP contribution in [0.3, 0.4) is 0 Å². The molecule has 0 saturated carbocycles. The average molecular weight is 267 g/mol. The molecule has 1 aromatic carbocycles. The third kappa shape index (κ3) is 3.56. The largest absolute Gasteiger partial charge is 0.317 e. The predicted octanol–water partition coefficient (Wildman–Crippen LogP) is 2.05. The summed E-state index contributed by atoms with van der Waals surface area (Å²) < 4.78 is 24.7. The first-order chi connectivity index (χ1) is 8.58. The molecule has 1 aliphatic rings. The van der Waals surface area contributed by atoms with E-state index in [1.807, 2.05) is 31.2 Å². The van der Waals surface area contributed by atoms with Crippen LogP contribution in [0.15, 0.2) is 24.3 Å². The van der Waals surface area contributed by atoms with Gasteiger partial charge in [0.1, 0.15) is 0 Å². The summed E-state index contributed by atoms with van der Waals surface area (Å²) in [5.41, 5.74) is 2.06. The summed E-state index contributed by atoms with van der Waals surface area (Å²) in [5.74, 6) is 0.179. The van der Waals surface area contributed by atoms with Gasteiger partial charge in [0.2, 0.25) is 0 Å². The Morgan fingerprint density at radius 2 is 1.89 bits per heavy atom. The quantitative estimate of drug-likeness (QED) is 0.911. The van der Waals surface area contributed by atoms with Crippen molar-refractivity contribution in [2.24, 2.45) is 0 Å². The third-order valence-corrected chi connectivity index (χ3v) is 5.74. The van der Waals surface area contributed by atoms with Gasteiger partial charge in [-0.1, -0.05) is 29.8 Å². The lowest BCUT2D eigenvalue weighted by molar-refractivity contribution is 0.565. The fraction of sp³-hybridized carbons (Fsp3) is 0.571. The van der Waals surface area contributed by atoms with Gasteiger partial charge in [0.15, 0.2) is 9.84 Å². The van der Waals surface area contributed by atoms with Gasteiger partial charge in [-0.25, -0.2) is 8.42 Å². The van der Waals surface area contributed by atoms with Gasteiger partial charge < -0.3 is 5.32 Å². The Morgan fingerprint density at radius 3 is 2.61 bits per heavy atom. The van der Waals surface area contributed by atoms with Gasteiger partial charge >= 0.3 is 0 Å². The molecule has 18 heavy (non-hydrogen) atoms. The zero-order valence-corrected chi connectivity index (χ0v) is 11.7. The smallest absolute Gasteiger partial charge is 0.157 e. The maximum absolute atomic E-state index is 12.4. The standard InChI is InChI=1S/C14H21NO2S/c1-12-4-6-13(7-5-12)11-18(16,17)14-3-2-9-15-10-8-14/h4-7,14-15H,2-3,8-11H2,1H3. The lowest BCUT2D eigenvalue weighted by Gasteiger charge is -2.15. The Balaban J connectivity index is 2.08. The summed E-state index contributed by atoms with van der Waals surface area (Å²) in [6.45, 7) is 3.77. The van der Waals surface area contributed by atoms with Gasteiger partial charge in [-0.2, -0.15) is 0 Å². The molecule has 1 aromatic rings. The second-order valence-electron chi connectivity index (χ2n) is 5.10. The van der Waals surface area contributed by atoms with Gasteiger partial charge in [-0.05, 0) is 44.8 Å². The van der Waals surface area contributed by atoms with Crippen LogP contribution in [0.5, 0.6) is 0 Å². The SMILES string of the molecule is Cc1ccc(CS(=O)(=O)C2CCCNCC2)cc1. The van der Waals surface area contributed by atoms with Crippen molar-refractivity contribution in [1.82, 2.24) is 5.32 Å². The highest BCUT2D eigenvalue weighted by Crippen LogP contribution is 2.19. The molecule has 100 valence electrons. The van der Waals surface area contributed by atoms with E-state index in [9.17, 15) is 8.42 Å².